The standard InChI is InChI=1S/C17H17N5O2/c1-24-17(23)16-18-11-21(20-16)10-14-13-8-5-9-15(13)22(19-14)12-6-3-2-4-7-12/h2-4,6-7,11H,5,8-10H2,1H3. The van der Waals surface area contributed by atoms with E-state index in [1.165, 1.54) is 24.7 Å². The molecular formula is C17H17N5O2. The molecule has 1 aromatic carbocycles. The quantitative estimate of drug-likeness (QED) is 0.684. The predicted molar refractivity (Wildman–Crippen MR) is 86.1 cm³/mol. The Morgan fingerprint density at radius 3 is 2.83 bits per heavy atom. The lowest BCUT2D eigenvalue weighted by Gasteiger charge is -2.04. The Bertz CT molecular complexity index is 882. The van der Waals surface area contributed by atoms with Crippen molar-refractivity contribution in [1.29, 1.82) is 0 Å². The Morgan fingerprint density at radius 2 is 2.04 bits per heavy atom. The largest absolute Gasteiger partial charge is 0.463 e. The molecule has 0 N–H and O–H groups in total. The van der Waals surface area contributed by atoms with Crippen LogP contribution in [-0.4, -0.2) is 37.6 Å². The van der Waals surface area contributed by atoms with Crippen LogP contribution in [0.2, 0.25) is 0 Å². The van der Waals surface area contributed by atoms with Crippen LogP contribution in [0.3, 0.4) is 0 Å². The predicted octanol–water partition coefficient (Wildman–Crippen LogP) is 1.79. The summed E-state index contributed by atoms with van der Waals surface area (Å²) < 4.78 is 8.29. The van der Waals surface area contributed by atoms with Gasteiger partial charge in [-0.15, -0.1) is 5.10 Å². The van der Waals surface area contributed by atoms with Gasteiger partial charge in [-0.3, -0.25) is 0 Å². The molecule has 0 fully saturated rings. The zero-order valence-corrected chi connectivity index (χ0v) is 13.3. The molecular weight excluding hydrogens is 306 g/mol. The van der Waals surface area contributed by atoms with Gasteiger partial charge in [-0.1, -0.05) is 18.2 Å². The Labute approximate surface area is 138 Å². The minimum atomic E-state index is -0.534. The van der Waals surface area contributed by atoms with E-state index in [0.29, 0.717) is 6.54 Å². The molecule has 7 nitrogen and oxygen atoms in total. The fourth-order valence-corrected chi connectivity index (χ4v) is 3.13. The van der Waals surface area contributed by atoms with Gasteiger partial charge in [-0.2, -0.15) is 5.10 Å². The van der Waals surface area contributed by atoms with Crippen molar-refractivity contribution in [3.05, 3.63) is 59.4 Å². The van der Waals surface area contributed by atoms with E-state index < -0.39 is 5.97 Å². The molecule has 0 saturated carbocycles. The van der Waals surface area contributed by atoms with Gasteiger partial charge in [0.1, 0.15) is 6.33 Å². The third kappa shape index (κ3) is 2.47. The smallest absolute Gasteiger partial charge is 0.377 e. The fourth-order valence-electron chi connectivity index (χ4n) is 3.13. The van der Waals surface area contributed by atoms with Gasteiger partial charge >= 0.3 is 5.97 Å². The highest BCUT2D eigenvalue weighted by atomic mass is 16.5. The molecule has 24 heavy (non-hydrogen) atoms. The first-order chi connectivity index (χ1) is 11.8. The van der Waals surface area contributed by atoms with Crippen LogP contribution < -0.4 is 0 Å². The molecule has 2 aromatic heterocycles. The number of rotatable bonds is 4. The third-order valence-electron chi connectivity index (χ3n) is 4.23. The van der Waals surface area contributed by atoms with Gasteiger partial charge in [0.05, 0.1) is 25.0 Å². The molecule has 4 rings (SSSR count). The van der Waals surface area contributed by atoms with Crippen LogP contribution in [0.15, 0.2) is 36.7 Å². The monoisotopic (exact) mass is 323 g/mol. The van der Waals surface area contributed by atoms with Crippen LogP contribution in [0, 0.1) is 0 Å². The van der Waals surface area contributed by atoms with Gasteiger partial charge < -0.3 is 4.74 Å². The summed E-state index contributed by atoms with van der Waals surface area (Å²) in [5.41, 5.74) is 4.60. The third-order valence-corrected chi connectivity index (χ3v) is 4.23. The van der Waals surface area contributed by atoms with Gasteiger partial charge in [0, 0.05) is 5.69 Å². The van der Waals surface area contributed by atoms with E-state index in [-0.39, 0.29) is 5.82 Å². The molecule has 0 bridgehead atoms. The molecule has 1 aliphatic carbocycles. The van der Waals surface area contributed by atoms with Gasteiger partial charge in [0.25, 0.3) is 5.82 Å². The zero-order valence-electron chi connectivity index (χ0n) is 13.3. The summed E-state index contributed by atoms with van der Waals surface area (Å²) in [7, 11) is 1.32. The van der Waals surface area contributed by atoms with Crippen molar-refractivity contribution in [3.63, 3.8) is 0 Å². The highest BCUT2D eigenvalue weighted by Gasteiger charge is 2.23. The second kappa shape index (κ2) is 5.92. The molecule has 0 saturated heterocycles. The highest BCUT2D eigenvalue weighted by molar-refractivity contribution is 5.84. The summed E-state index contributed by atoms with van der Waals surface area (Å²) >= 11 is 0. The number of hydrogen-bond donors (Lipinski definition) is 0. The van der Waals surface area contributed by atoms with Crippen LogP contribution >= 0.6 is 0 Å². The molecule has 0 aliphatic heterocycles. The average Bonchev–Trinajstić information content (AvgIpc) is 3.33. The number of benzene rings is 1. The minimum Gasteiger partial charge on any atom is -0.463 e. The first-order valence-corrected chi connectivity index (χ1v) is 7.89. The molecule has 0 unspecified atom stereocenters. The molecule has 0 amide bonds. The summed E-state index contributed by atoms with van der Waals surface area (Å²) in [6.07, 6.45) is 4.73. The number of methoxy groups -OCH3 is 1. The SMILES string of the molecule is COC(=O)c1ncn(Cc2nn(-c3ccccc3)c3c2CCC3)n1. The summed E-state index contributed by atoms with van der Waals surface area (Å²) in [6, 6.07) is 10.1. The normalized spacial score (nSPS) is 13.0. The van der Waals surface area contributed by atoms with Gasteiger partial charge in [-0.05, 0) is 37.0 Å². The highest BCUT2D eigenvalue weighted by Crippen LogP contribution is 2.28. The minimum absolute atomic E-state index is 0.0663. The van der Waals surface area contributed by atoms with Crippen molar-refractivity contribution in [1.82, 2.24) is 24.5 Å². The van der Waals surface area contributed by atoms with Crippen molar-refractivity contribution in [2.75, 3.05) is 7.11 Å². The molecule has 0 spiro atoms. The number of carbonyl (C=O) groups is 1. The van der Waals surface area contributed by atoms with E-state index in [0.717, 1.165) is 30.6 Å². The Morgan fingerprint density at radius 1 is 1.21 bits per heavy atom. The van der Waals surface area contributed by atoms with E-state index in [9.17, 15) is 4.79 Å². The lowest BCUT2D eigenvalue weighted by Crippen LogP contribution is -2.08. The molecule has 7 heteroatoms. The van der Waals surface area contributed by atoms with Gasteiger partial charge in [-0.25, -0.2) is 19.1 Å². The Kier molecular flexibility index (Phi) is 3.60. The number of aromatic nitrogens is 5. The average molecular weight is 323 g/mol. The second-order valence-corrected chi connectivity index (χ2v) is 5.73. The number of hydrogen-bond acceptors (Lipinski definition) is 5. The van der Waals surface area contributed by atoms with E-state index >= 15 is 0 Å². The van der Waals surface area contributed by atoms with Crippen molar-refractivity contribution in [2.45, 2.75) is 25.8 Å². The lowest BCUT2D eigenvalue weighted by atomic mass is 10.2. The second-order valence-electron chi connectivity index (χ2n) is 5.73. The lowest BCUT2D eigenvalue weighted by molar-refractivity contribution is 0.0586. The van der Waals surface area contributed by atoms with Crippen LogP contribution in [0.4, 0.5) is 0 Å². The molecule has 122 valence electrons. The van der Waals surface area contributed by atoms with Crippen LogP contribution in [0.25, 0.3) is 5.69 Å². The van der Waals surface area contributed by atoms with Crippen LogP contribution in [0.5, 0.6) is 0 Å². The first kappa shape index (κ1) is 14.6. The number of carbonyl (C=O) groups excluding carboxylic acids is 1. The van der Waals surface area contributed by atoms with E-state index in [2.05, 4.69) is 27.0 Å². The van der Waals surface area contributed by atoms with Crippen molar-refractivity contribution < 1.29 is 9.53 Å². The summed E-state index contributed by atoms with van der Waals surface area (Å²) in [5.74, 6) is -0.467. The summed E-state index contributed by atoms with van der Waals surface area (Å²) in [6.45, 7) is 0.492. The van der Waals surface area contributed by atoms with Crippen molar-refractivity contribution in [2.24, 2.45) is 0 Å². The van der Waals surface area contributed by atoms with Crippen molar-refractivity contribution >= 4 is 5.97 Å². The van der Waals surface area contributed by atoms with Gasteiger partial charge in [0.2, 0.25) is 0 Å². The van der Waals surface area contributed by atoms with Crippen LogP contribution in [-0.2, 0) is 24.1 Å². The summed E-state index contributed by atoms with van der Waals surface area (Å²) in [5, 5.41) is 8.95. The van der Waals surface area contributed by atoms with E-state index in [1.54, 1.807) is 4.68 Å². The van der Waals surface area contributed by atoms with Gasteiger partial charge in [0.15, 0.2) is 0 Å². The Balaban J connectivity index is 1.67. The number of ether oxygens (including phenoxy) is 1. The van der Waals surface area contributed by atoms with Crippen LogP contribution in [0.1, 0.15) is 34.0 Å². The number of nitrogens with zero attached hydrogens (tertiary/aromatic N) is 5. The van der Waals surface area contributed by atoms with Crippen molar-refractivity contribution in [3.8, 4) is 5.69 Å². The maximum absolute atomic E-state index is 11.5. The maximum Gasteiger partial charge on any atom is 0.377 e. The summed E-state index contributed by atoms with van der Waals surface area (Å²) in [4.78, 5) is 15.5. The number of fused-ring (bicyclic) bond motifs is 1. The van der Waals surface area contributed by atoms with E-state index in [1.807, 2.05) is 22.9 Å². The number of para-hydroxylation sites is 1. The first-order valence-electron chi connectivity index (χ1n) is 7.89. The fraction of sp³-hybridized carbons (Fsp3) is 0.294. The number of esters is 1. The maximum atomic E-state index is 11.5. The zero-order chi connectivity index (χ0) is 16.5. The Hall–Kier alpha value is -2.96. The molecule has 0 radical (unpaired) electrons. The topological polar surface area (TPSA) is 74.8 Å². The molecule has 3 aromatic rings. The molecule has 0 atom stereocenters. The molecule has 2 heterocycles. The molecule has 1 aliphatic rings. The van der Waals surface area contributed by atoms with E-state index in [4.69, 9.17) is 5.10 Å².